The van der Waals surface area contributed by atoms with Gasteiger partial charge in [0.15, 0.2) is 11.5 Å². The summed E-state index contributed by atoms with van der Waals surface area (Å²) in [6, 6.07) is 8.80. The molecule has 2 aromatic carbocycles. The van der Waals surface area contributed by atoms with Crippen molar-refractivity contribution in [3.05, 3.63) is 47.5 Å². The van der Waals surface area contributed by atoms with Gasteiger partial charge in [-0.3, -0.25) is 10.0 Å². The minimum Gasteiger partial charge on any atom is -0.507 e. The predicted molar refractivity (Wildman–Crippen MR) is 98.2 cm³/mol. The van der Waals surface area contributed by atoms with Crippen LogP contribution in [0.5, 0.6) is 17.2 Å². The van der Waals surface area contributed by atoms with Crippen LogP contribution in [0.3, 0.4) is 0 Å². The Kier molecular flexibility index (Phi) is 4.95. The largest absolute Gasteiger partial charge is 0.507 e. The van der Waals surface area contributed by atoms with Gasteiger partial charge in [-0.05, 0) is 23.8 Å². The summed E-state index contributed by atoms with van der Waals surface area (Å²) in [5.74, 6) is -1.32. The third kappa shape index (κ3) is 3.98. The highest BCUT2D eigenvalue weighted by molar-refractivity contribution is 6.05. The number of benzene rings is 2. The number of hydrogen-bond acceptors (Lipinski definition) is 8. The standard InChI is InChI=1S/C18H18N4O5/c1-10-6-17(26)20-21-18(10)11-2-4-13(5-3-11)22(27)19-9-12-7-15(24)16(25)8-14(12)23/h2-5,7-10,23-25,27H,6H2,1H3,(H,20,26). The van der Waals surface area contributed by atoms with Crippen LogP contribution in [-0.4, -0.2) is 38.4 Å². The zero-order valence-corrected chi connectivity index (χ0v) is 14.4. The van der Waals surface area contributed by atoms with Gasteiger partial charge >= 0.3 is 0 Å². The van der Waals surface area contributed by atoms with Gasteiger partial charge in [-0.2, -0.15) is 10.2 Å². The Morgan fingerprint density at radius 3 is 2.48 bits per heavy atom. The van der Waals surface area contributed by atoms with E-state index in [-0.39, 0.29) is 23.1 Å². The average molecular weight is 370 g/mol. The summed E-state index contributed by atoms with van der Waals surface area (Å²) in [6.07, 6.45) is 1.49. The van der Waals surface area contributed by atoms with Crippen LogP contribution in [0.1, 0.15) is 24.5 Å². The van der Waals surface area contributed by atoms with E-state index >= 15 is 0 Å². The van der Waals surface area contributed by atoms with Gasteiger partial charge in [0.05, 0.1) is 17.6 Å². The van der Waals surface area contributed by atoms with E-state index in [1.54, 1.807) is 24.3 Å². The van der Waals surface area contributed by atoms with Crippen molar-refractivity contribution >= 4 is 23.5 Å². The first-order chi connectivity index (χ1) is 12.8. The van der Waals surface area contributed by atoms with Gasteiger partial charge < -0.3 is 15.3 Å². The van der Waals surface area contributed by atoms with Crippen LogP contribution in [-0.2, 0) is 4.79 Å². The molecule has 0 bridgehead atoms. The summed E-state index contributed by atoms with van der Waals surface area (Å²) >= 11 is 0. The topological polar surface area (TPSA) is 138 Å². The lowest BCUT2D eigenvalue weighted by atomic mass is 9.94. The maximum Gasteiger partial charge on any atom is 0.240 e. The molecule has 5 N–H and O–H groups in total. The SMILES string of the molecule is CC1CC(=O)NN=C1c1ccc(N(O)N=Cc2cc(O)c(O)cc2O)cc1. The number of phenolic OH excluding ortho intramolecular Hbond substituents is 3. The van der Waals surface area contributed by atoms with Gasteiger partial charge in [0, 0.05) is 24.0 Å². The third-order valence-electron chi connectivity index (χ3n) is 4.08. The summed E-state index contributed by atoms with van der Waals surface area (Å²) in [7, 11) is 0. The number of phenols is 3. The molecule has 1 heterocycles. The van der Waals surface area contributed by atoms with Crippen molar-refractivity contribution in [3.63, 3.8) is 0 Å². The minimum absolute atomic E-state index is 0.0157. The van der Waals surface area contributed by atoms with Crippen molar-refractivity contribution in [3.8, 4) is 17.2 Å². The van der Waals surface area contributed by atoms with E-state index < -0.39 is 11.5 Å². The highest BCUT2D eigenvalue weighted by Crippen LogP contribution is 2.31. The number of amides is 1. The van der Waals surface area contributed by atoms with Crippen LogP contribution in [0.4, 0.5) is 5.69 Å². The van der Waals surface area contributed by atoms with Gasteiger partial charge in [0.25, 0.3) is 0 Å². The number of aromatic hydroxyl groups is 3. The Morgan fingerprint density at radius 2 is 1.81 bits per heavy atom. The van der Waals surface area contributed by atoms with Gasteiger partial charge in [-0.15, -0.1) is 5.17 Å². The van der Waals surface area contributed by atoms with E-state index in [9.17, 15) is 25.3 Å². The second-order valence-electron chi connectivity index (χ2n) is 6.12. The molecule has 0 saturated heterocycles. The van der Waals surface area contributed by atoms with E-state index in [0.717, 1.165) is 29.6 Å². The van der Waals surface area contributed by atoms with E-state index in [2.05, 4.69) is 15.6 Å². The van der Waals surface area contributed by atoms with Crippen LogP contribution in [0.15, 0.2) is 46.6 Å². The zero-order valence-electron chi connectivity index (χ0n) is 14.4. The monoisotopic (exact) mass is 370 g/mol. The number of hydrogen-bond donors (Lipinski definition) is 5. The molecule has 0 saturated carbocycles. The second-order valence-corrected chi connectivity index (χ2v) is 6.12. The molecule has 1 unspecified atom stereocenters. The molecule has 27 heavy (non-hydrogen) atoms. The fraction of sp³-hybridized carbons (Fsp3) is 0.167. The number of rotatable bonds is 4. The maximum atomic E-state index is 11.3. The average Bonchev–Trinajstić information content (AvgIpc) is 2.63. The lowest BCUT2D eigenvalue weighted by molar-refractivity contribution is -0.121. The molecule has 3 rings (SSSR count). The quantitative estimate of drug-likeness (QED) is 0.241. The Hall–Kier alpha value is -3.59. The highest BCUT2D eigenvalue weighted by Gasteiger charge is 2.21. The van der Waals surface area contributed by atoms with Gasteiger partial charge in [0.1, 0.15) is 5.75 Å². The van der Waals surface area contributed by atoms with E-state index in [1.807, 2.05) is 6.92 Å². The molecule has 140 valence electrons. The van der Waals surface area contributed by atoms with Gasteiger partial charge in [0.2, 0.25) is 5.91 Å². The first-order valence-electron chi connectivity index (χ1n) is 8.10. The number of anilines is 1. The second kappa shape index (κ2) is 7.34. The van der Waals surface area contributed by atoms with Crippen LogP contribution in [0, 0.1) is 5.92 Å². The van der Waals surface area contributed by atoms with Crippen molar-refractivity contribution in [1.82, 2.24) is 5.43 Å². The highest BCUT2D eigenvalue weighted by atomic mass is 16.5. The molecule has 9 nitrogen and oxygen atoms in total. The van der Waals surface area contributed by atoms with Crippen molar-refractivity contribution < 1.29 is 25.3 Å². The Labute approximate surface area is 154 Å². The Balaban J connectivity index is 1.75. The molecular formula is C18H18N4O5. The molecule has 0 spiro atoms. The Bertz CT molecular complexity index is 924. The number of carbonyl (C=O) groups is 1. The van der Waals surface area contributed by atoms with Crippen LogP contribution < -0.4 is 10.6 Å². The summed E-state index contributed by atoms with van der Waals surface area (Å²) in [6.45, 7) is 1.91. The lowest BCUT2D eigenvalue weighted by Crippen LogP contribution is -2.31. The van der Waals surface area contributed by atoms with E-state index in [1.165, 1.54) is 0 Å². The first kappa shape index (κ1) is 18.2. The summed E-state index contributed by atoms with van der Waals surface area (Å²) in [5.41, 5.74) is 4.48. The zero-order chi connectivity index (χ0) is 19.6. The molecule has 1 aliphatic heterocycles. The summed E-state index contributed by atoms with van der Waals surface area (Å²) < 4.78 is 0. The smallest absolute Gasteiger partial charge is 0.240 e. The van der Waals surface area contributed by atoms with Crippen LogP contribution in [0.2, 0.25) is 0 Å². The first-order valence-corrected chi connectivity index (χ1v) is 8.10. The van der Waals surface area contributed by atoms with Crippen LogP contribution in [0.25, 0.3) is 0 Å². The van der Waals surface area contributed by atoms with Crippen LogP contribution >= 0.6 is 0 Å². The van der Waals surface area contributed by atoms with E-state index in [4.69, 9.17) is 0 Å². The summed E-state index contributed by atoms with van der Waals surface area (Å²) in [4.78, 5) is 11.3. The summed E-state index contributed by atoms with van der Waals surface area (Å²) in [5, 5.41) is 47.0. The minimum atomic E-state index is -0.461. The molecule has 0 fully saturated rings. The normalized spacial score (nSPS) is 16.9. The van der Waals surface area contributed by atoms with Gasteiger partial charge in [-0.1, -0.05) is 19.1 Å². The maximum absolute atomic E-state index is 11.3. The van der Waals surface area contributed by atoms with Crippen molar-refractivity contribution in [2.45, 2.75) is 13.3 Å². The predicted octanol–water partition coefficient (Wildman–Crippen LogP) is 1.89. The molecule has 0 aromatic heterocycles. The number of nitrogens with one attached hydrogen (secondary N) is 1. The molecule has 9 heteroatoms. The molecule has 2 aromatic rings. The molecule has 0 aliphatic carbocycles. The van der Waals surface area contributed by atoms with Gasteiger partial charge in [-0.25, -0.2) is 5.43 Å². The van der Waals surface area contributed by atoms with Crippen molar-refractivity contribution in [2.75, 3.05) is 5.17 Å². The number of carbonyl (C=O) groups excluding carboxylic acids is 1. The fourth-order valence-corrected chi connectivity index (χ4v) is 2.64. The molecule has 1 amide bonds. The number of hydrazone groups is 2. The lowest BCUT2D eigenvalue weighted by Gasteiger charge is -2.19. The van der Waals surface area contributed by atoms with Crippen molar-refractivity contribution in [2.24, 2.45) is 16.1 Å². The molecular weight excluding hydrogens is 352 g/mol. The molecule has 1 atom stereocenters. The van der Waals surface area contributed by atoms with Crippen molar-refractivity contribution in [1.29, 1.82) is 0 Å². The fourth-order valence-electron chi connectivity index (χ4n) is 2.64. The number of nitrogens with zero attached hydrogens (tertiary/aromatic N) is 3. The molecule has 1 aliphatic rings. The van der Waals surface area contributed by atoms with E-state index in [0.29, 0.717) is 17.3 Å². The molecule has 0 radical (unpaired) electrons. The Morgan fingerprint density at radius 1 is 1.15 bits per heavy atom. The third-order valence-corrected chi connectivity index (χ3v) is 4.08.